The summed E-state index contributed by atoms with van der Waals surface area (Å²) in [5.41, 5.74) is 0.531. The third-order valence-electron chi connectivity index (χ3n) is 2.22. The van der Waals surface area contributed by atoms with Crippen molar-refractivity contribution in [3.05, 3.63) is 28.2 Å². The molecule has 0 atom stereocenters. The molecule has 0 fully saturated rings. The van der Waals surface area contributed by atoms with Crippen molar-refractivity contribution in [2.75, 3.05) is 39.0 Å². The molecule has 0 aliphatic rings. The van der Waals surface area contributed by atoms with Crippen molar-refractivity contribution >= 4 is 34.8 Å². The fourth-order valence-corrected chi connectivity index (χ4v) is 1.63. The van der Waals surface area contributed by atoms with E-state index in [1.54, 1.807) is 18.2 Å². The van der Waals surface area contributed by atoms with Gasteiger partial charge in [0, 0.05) is 18.1 Å². The predicted octanol–water partition coefficient (Wildman–Crippen LogP) is 2.08. The molecule has 2 N–H and O–H groups in total. The first-order valence-electron chi connectivity index (χ1n) is 5.59. The molecule has 0 spiro atoms. The molecule has 0 saturated heterocycles. The zero-order valence-electron chi connectivity index (χ0n) is 10.5. The van der Waals surface area contributed by atoms with Crippen LogP contribution in [-0.4, -0.2) is 44.5 Å². The van der Waals surface area contributed by atoms with Gasteiger partial charge in [-0.3, -0.25) is 4.79 Å². The van der Waals surface area contributed by atoms with Gasteiger partial charge in [-0.15, -0.1) is 0 Å². The molecule has 0 saturated carbocycles. The molecule has 0 heterocycles. The zero-order chi connectivity index (χ0) is 13.5. The van der Waals surface area contributed by atoms with Gasteiger partial charge in [-0.2, -0.15) is 0 Å². The maximum Gasteiger partial charge on any atom is 0.238 e. The summed E-state index contributed by atoms with van der Waals surface area (Å²) in [5.74, 6) is -0.141. The molecule has 1 aromatic carbocycles. The summed E-state index contributed by atoms with van der Waals surface area (Å²) < 4.78 is 0. The molecule has 0 bridgehead atoms. The van der Waals surface area contributed by atoms with E-state index in [4.69, 9.17) is 23.2 Å². The van der Waals surface area contributed by atoms with Gasteiger partial charge in [0.05, 0.1) is 17.3 Å². The van der Waals surface area contributed by atoms with Gasteiger partial charge in [0.15, 0.2) is 0 Å². The van der Waals surface area contributed by atoms with Gasteiger partial charge in [-0.25, -0.2) is 0 Å². The number of carbonyl (C=O) groups is 1. The van der Waals surface area contributed by atoms with Crippen LogP contribution in [0.1, 0.15) is 0 Å². The largest absolute Gasteiger partial charge is 0.324 e. The fourth-order valence-electron chi connectivity index (χ4n) is 1.29. The van der Waals surface area contributed by atoms with Crippen molar-refractivity contribution in [2.24, 2.45) is 0 Å². The third kappa shape index (κ3) is 5.69. The van der Waals surface area contributed by atoms with E-state index in [9.17, 15) is 4.79 Å². The summed E-state index contributed by atoms with van der Waals surface area (Å²) in [6.07, 6.45) is 0. The van der Waals surface area contributed by atoms with E-state index in [2.05, 4.69) is 10.6 Å². The lowest BCUT2D eigenvalue weighted by molar-refractivity contribution is -0.115. The maximum absolute atomic E-state index is 11.6. The van der Waals surface area contributed by atoms with Crippen molar-refractivity contribution in [1.82, 2.24) is 10.2 Å². The second-order valence-corrected chi connectivity index (χ2v) is 5.00. The molecule has 1 amide bonds. The minimum absolute atomic E-state index is 0.141. The summed E-state index contributed by atoms with van der Waals surface area (Å²) in [4.78, 5) is 13.7. The molecule has 1 aromatic rings. The number of benzene rings is 1. The molecule has 100 valence electrons. The summed E-state index contributed by atoms with van der Waals surface area (Å²) in [6, 6.07) is 4.95. The minimum Gasteiger partial charge on any atom is -0.324 e. The molecule has 0 aliphatic carbocycles. The van der Waals surface area contributed by atoms with Crippen LogP contribution in [0.25, 0.3) is 0 Å². The fraction of sp³-hybridized carbons (Fsp3) is 0.417. The quantitative estimate of drug-likeness (QED) is 0.788. The number of anilines is 1. The lowest BCUT2D eigenvalue weighted by Crippen LogP contribution is -2.33. The molecular formula is C12H17Cl2N3O. The highest BCUT2D eigenvalue weighted by Crippen LogP contribution is 2.25. The van der Waals surface area contributed by atoms with Crippen LogP contribution in [0, 0.1) is 0 Å². The van der Waals surface area contributed by atoms with Gasteiger partial charge in [0.1, 0.15) is 0 Å². The van der Waals surface area contributed by atoms with Crippen molar-refractivity contribution in [3.8, 4) is 0 Å². The highest BCUT2D eigenvalue weighted by molar-refractivity contribution is 6.35. The Balaban J connectivity index is 2.38. The zero-order valence-corrected chi connectivity index (χ0v) is 12.0. The van der Waals surface area contributed by atoms with Crippen LogP contribution >= 0.6 is 23.2 Å². The number of carbonyl (C=O) groups excluding carboxylic acids is 1. The van der Waals surface area contributed by atoms with Crippen LogP contribution in [0.3, 0.4) is 0 Å². The number of rotatable bonds is 6. The lowest BCUT2D eigenvalue weighted by Gasteiger charge is -2.11. The first-order valence-corrected chi connectivity index (χ1v) is 6.35. The number of hydrogen-bond donors (Lipinski definition) is 2. The Kier molecular flexibility index (Phi) is 6.43. The summed E-state index contributed by atoms with van der Waals surface area (Å²) in [5, 5.41) is 6.76. The smallest absolute Gasteiger partial charge is 0.238 e. The summed E-state index contributed by atoms with van der Waals surface area (Å²) in [7, 11) is 3.96. The van der Waals surface area contributed by atoms with Crippen molar-refractivity contribution in [3.63, 3.8) is 0 Å². The standard InChI is InChI=1S/C12H17Cl2N3O/c1-17(2)6-5-15-8-12(18)16-11-7-9(13)3-4-10(11)14/h3-4,7,15H,5-6,8H2,1-2H3,(H,16,18). The molecule has 4 nitrogen and oxygen atoms in total. The van der Waals surface area contributed by atoms with Gasteiger partial charge in [0.2, 0.25) is 5.91 Å². The van der Waals surface area contributed by atoms with E-state index < -0.39 is 0 Å². The SMILES string of the molecule is CN(C)CCNCC(=O)Nc1cc(Cl)ccc1Cl. The Morgan fingerprint density at radius 1 is 1.33 bits per heavy atom. The van der Waals surface area contributed by atoms with Crippen LogP contribution in [0.2, 0.25) is 10.0 Å². The van der Waals surface area contributed by atoms with Gasteiger partial charge in [0.25, 0.3) is 0 Å². The Bertz CT molecular complexity index is 410. The van der Waals surface area contributed by atoms with Crippen LogP contribution in [0.4, 0.5) is 5.69 Å². The lowest BCUT2D eigenvalue weighted by atomic mass is 10.3. The van der Waals surface area contributed by atoms with E-state index in [-0.39, 0.29) is 12.5 Å². The molecule has 0 aliphatic heterocycles. The number of amides is 1. The number of likely N-dealkylation sites (N-methyl/N-ethyl adjacent to an activating group) is 1. The number of nitrogens with zero attached hydrogens (tertiary/aromatic N) is 1. The molecule has 6 heteroatoms. The normalized spacial score (nSPS) is 10.7. The van der Waals surface area contributed by atoms with Gasteiger partial charge in [-0.05, 0) is 32.3 Å². The average molecular weight is 290 g/mol. The molecule has 0 aromatic heterocycles. The second-order valence-electron chi connectivity index (χ2n) is 4.15. The maximum atomic E-state index is 11.6. The summed E-state index contributed by atoms with van der Waals surface area (Å²) >= 11 is 11.8. The number of hydrogen-bond acceptors (Lipinski definition) is 3. The van der Waals surface area contributed by atoms with Crippen molar-refractivity contribution in [1.29, 1.82) is 0 Å². The van der Waals surface area contributed by atoms with Crippen LogP contribution in [-0.2, 0) is 4.79 Å². The van der Waals surface area contributed by atoms with E-state index in [0.717, 1.165) is 13.1 Å². The Labute approximate surface area is 117 Å². The first-order chi connectivity index (χ1) is 8.49. The van der Waals surface area contributed by atoms with Crippen LogP contribution < -0.4 is 10.6 Å². The summed E-state index contributed by atoms with van der Waals surface area (Å²) in [6.45, 7) is 1.88. The van der Waals surface area contributed by atoms with Gasteiger partial charge >= 0.3 is 0 Å². The molecule has 0 radical (unpaired) electrons. The second kappa shape index (κ2) is 7.59. The van der Waals surface area contributed by atoms with Crippen LogP contribution in [0.15, 0.2) is 18.2 Å². The third-order valence-corrected chi connectivity index (χ3v) is 2.79. The van der Waals surface area contributed by atoms with E-state index in [1.807, 2.05) is 19.0 Å². The Morgan fingerprint density at radius 3 is 2.72 bits per heavy atom. The molecule has 1 rings (SSSR count). The number of nitrogens with one attached hydrogen (secondary N) is 2. The highest BCUT2D eigenvalue weighted by Gasteiger charge is 2.06. The average Bonchev–Trinajstić information content (AvgIpc) is 2.29. The monoisotopic (exact) mass is 289 g/mol. The van der Waals surface area contributed by atoms with Gasteiger partial charge < -0.3 is 15.5 Å². The van der Waals surface area contributed by atoms with Gasteiger partial charge in [-0.1, -0.05) is 23.2 Å². The first kappa shape index (κ1) is 15.2. The van der Waals surface area contributed by atoms with Crippen molar-refractivity contribution in [2.45, 2.75) is 0 Å². The Morgan fingerprint density at radius 2 is 2.06 bits per heavy atom. The van der Waals surface area contributed by atoms with E-state index >= 15 is 0 Å². The molecule has 0 unspecified atom stereocenters. The van der Waals surface area contributed by atoms with Crippen molar-refractivity contribution < 1.29 is 4.79 Å². The predicted molar refractivity (Wildman–Crippen MR) is 76.5 cm³/mol. The highest BCUT2D eigenvalue weighted by atomic mass is 35.5. The van der Waals surface area contributed by atoms with E-state index in [1.165, 1.54) is 0 Å². The topological polar surface area (TPSA) is 44.4 Å². The van der Waals surface area contributed by atoms with Crippen LogP contribution in [0.5, 0.6) is 0 Å². The molecule has 18 heavy (non-hydrogen) atoms. The Hall–Kier alpha value is -0.810. The van der Waals surface area contributed by atoms with E-state index in [0.29, 0.717) is 15.7 Å². The molecular weight excluding hydrogens is 273 g/mol. The minimum atomic E-state index is -0.141. The number of halogens is 2.